The van der Waals surface area contributed by atoms with Crippen LogP contribution in [0.3, 0.4) is 0 Å². The summed E-state index contributed by atoms with van der Waals surface area (Å²) in [4.78, 5) is 0.0785. The molecule has 0 saturated carbocycles. The van der Waals surface area contributed by atoms with Crippen molar-refractivity contribution in [1.29, 1.82) is 0 Å². The van der Waals surface area contributed by atoms with Gasteiger partial charge in [0.2, 0.25) is 0 Å². The number of nitrogens with one attached hydrogen (secondary N) is 1. The largest absolute Gasteiger partial charge is 0.507 e. The molecule has 7 heteroatoms. The third kappa shape index (κ3) is 3.66. The first kappa shape index (κ1) is 21.6. The van der Waals surface area contributed by atoms with E-state index in [9.17, 15) is 18.6 Å². The summed E-state index contributed by atoms with van der Waals surface area (Å²) in [5, 5.41) is 24.1. The number of aromatic hydroxyl groups is 2. The zero-order valence-corrected chi connectivity index (χ0v) is 19.0. The van der Waals surface area contributed by atoms with Gasteiger partial charge < -0.3 is 14.9 Å². The van der Waals surface area contributed by atoms with Gasteiger partial charge in [0.05, 0.1) is 17.7 Å². The number of methoxy groups -OCH3 is 1. The van der Waals surface area contributed by atoms with Crippen LogP contribution in [0, 0.1) is 0 Å². The Bertz CT molecular complexity index is 1640. The normalized spacial score (nSPS) is 11.6. The lowest BCUT2D eigenvalue weighted by Gasteiger charge is -2.17. The van der Waals surface area contributed by atoms with Gasteiger partial charge in [-0.2, -0.15) is 0 Å². The van der Waals surface area contributed by atoms with Gasteiger partial charge in [0, 0.05) is 21.7 Å². The van der Waals surface area contributed by atoms with Crippen molar-refractivity contribution in [3.8, 4) is 28.4 Å². The Hall–Kier alpha value is -4.23. The standard InChI is InChI=1S/C27H21NO5S/c1-33-18-12-14-19(15-13-18)34(31,32)28-24-16-23(27(30)22-9-3-2-8-20(22)24)21-10-4-6-17-7-5-11-25(29)26(17)21/h2-16,28-30H,1H3. The molecule has 3 N–H and O–H groups in total. The molecule has 0 amide bonds. The van der Waals surface area contributed by atoms with Crippen LogP contribution < -0.4 is 9.46 Å². The van der Waals surface area contributed by atoms with Crippen LogP contribution in [0.25, 0.3) is 32.7 Å². The summed E-state index contributed by atoms with van der Waals surface area (Å²) in [5.74, 6) is 0.617. The fourth-order valence-corrected chi connectivity index (χ4v) is 5.22. The highest BCUT2D eigenvalue weighted by Crippen LogP contribution is 2.44. The van der Waals surface area contributed by atoms with Crippen molar-refractivity contribution in [2.24, 2.45) is 0 Å². The molecule has 0 atom stereocenters. The molecule has 0 spiro atoms. The number of benzene rings is 5. The van der Waals surface area contributed by atoms with E-state index in [-0.39, 0.29) is 16.4 Å². The molecule has 0 bridgehead atoms. The molecule has 6 nitrogen and oxygen atoms in total. The molecular weight excluding hydrogens is 450 g/mol. The second-order valence-corrected chi connectivity index (χ2v) is 9.51. The summed E-state index contributed by atoms with van der Waals surface area (Å²) < 4.78 is 34.2. The van der Waals surface area contributed by atoms with Crippen LogP contribution in [-0.2, 0) is 10.0 Å². The Labute approximate surface area is 196 Å². The maximum Gasteiger partial charge on any atom is 0.261 e. The maximum atomic E-state index is 13.2. The van der Waals surface area contributed by atoms with E-state index in [1.807, 2.05) is 18.2 Å². The predicted octanol–water partition coefficient (Wildman–Crippen LogP) is 5.88. The molecule has 0 radical (unpaired) electrons. The molecule has 0 aromatic heterocycles. The minimum atomic E-state index is -3.93. The van der Waals surface area contributed by atoms with Crippen LogP contribution in [0.15, 0.2) is 95.9 Å². The van der Waals surface area contributed by atoms with Crippen LogP contribution in [-0.4, -0.2) is 25.7 Å². The third-order valence-corrected chi connectivity index (χ3v) is 7.18. The van der Waals surface area contributed by atoms with Crippen LogP contribution in [0.2, 0.25) is 0 Å². The summed E-state index contributed by atoms with van der Waals surface area (Å²) in [6.07, 6.45) is 0. The third-order valence-electron chi connectivity index (χ3n) is 5.80. The first-order valence-corrected chi connectivity index (χ1v) is 12.0. The number of hydrogen-bond acceptors (Lipinski definition) is 5. The predicted molar refractivity (Wildman–Crippen MR) is 134 cm³/mol. The Balaban J connectivity index is 1.72. The van der Waals surface area contributed by atoms with E-state index in [1.54, 1.807) is 60.7 Å². The number of rotatable bonds is 5. The number of anilines is 1. The van der Waals surface area contributed by atoms with Crippen molar-refractivity contribution in [3.63, 3.8) is 0 Å². The molecule has 170 valence electrons. The van der Waals surface area contributed by atoms with Gasteiger partial charge in [-0.1, -0.05) is 54.6 Å². The SMILES string of the molecule is COc1ccc(S(=O)(=O)Nc2cc(-c3cccc4cccc(O)c34)c(O)c3ccccc23)cc1. The average molecular weight is 472 g/mol. The lowest BCUT2D eigenvalue weighted by molar-refractivity contribution is 0.414. The highest BCUT2D eigenvalue weighted by molar-refractivity contribution is 7.92. The Morgan fingerprint density at radius 3 is 2.15 bits per heavy atom. The Morgan fingerprint density at radius 2 is 1.44 bits per heavy atom. The lowest BCUT2D eigenvalue weighted by atomic mass is 9.94. The minimum Gasteiger partial charge on any atom is -0.507 e. The van der Waals surface area contributed by atoms with Crippen molar-refractivity contribution < 1.29 is 23.4 Å². The van der Waals surface area contributed by atoms with E-state index in [1.165, 1.54) is 19.2 Å². The van der Waals surface area contributed by atoms with Gasteiger partial charge in [0.1, 0.15) is 17.2 Å². The van der Waals surface area contributed by atoms with Crippen molar-refractivity contribution in [3.05, 3.63) is 91.0 Å². The fraction of sp³-hybridized carbons (Fsp3) is 0.0370. The highest BCUT2D eigenvalue weighted by Gasteiger charge is 2.20. The molecule has 5 aromatic carbocycles. The van der Waals surface area contributed by atoms with Crippen LogP contribution in [0.4, 0.5) is 5.69 Å². The van der Waals surface area contributed by atoms with Gasteiger partial charge in [-0.15, -0.1) is 0 Å². The fourth-order valence-electron chi connectivity index (χ4n) is 4.15. The molecule has 0 aliphatic heterocycles. The quantitative estimate of drug-likeness (QED) is 0.278. The second-order valence-electron chi connectivity index (χ2n) is 7.83. The number of fused-ring (bicyclic) bond motifs is 2. The van der Waals surface area contributed by atoms with Crippen molar-refractivity contribution in [1.82, 2.24) is 0 Å². The van der Waals surface area contributed by atoms with Gasteiger partial charge in [0.25, 0.3) is 10.0 Å². The summed E-state index contributed by atoms with van der Waals surface area (Å²) >= 11 is 0. The highest BCUT2D eigenvalue weighted by atomic mass is 32.2. The monoisotopic (exact) mass is 471 g/mol. The molecule has 0 fully saturated rings. The second kappa shape index (κ2) is 8.28. The number of phenols is 2. The zero-order chi connectivity index (χ0) is 23.9. The van der Waals surface area contributed by atoms with Gasteiger partial charge in [-0.25, -0.2) is 8.42 Å². The van der Waals surface area contributed by atoms with Gasteiger partial charge >= 0.3 is 0 Å². The molecule has 0 aliphatic carbocycles. The van der Waals surface area contributed by atoms with E-state index < -0.39 is 10.0 Å². The van der Waals surface area contributed by atoms with Gasteiger partial charge in [-0.3, -0.25) is 4.72 Å². The summed E-state index contributed by atoms with van der Waals surface area (Å²) in [5.41, 5.74) is 1.30. The van der Waals surface area contributed by atoms with Crippen LogP contribution in [0.1, 0.15) is 0 Å². The first-order valence-electron chi connectivity index (χ1n) is 10.5. The molecule has 5 rings (SSSR count). The van der Waals surface area contributed by atoms with Gasteiger partial charge in [-0.05, 0) is 47.3 Å². The van der Waals surface area contributed by atoms with Crippen molar-refractivity contribution in [2.45, 2.75) is 4.90 Å². The number of hydrogen-bond donors (Lipinski definition) is 3. The molecular formula is C27H21NO5S. The van der Waals surface area contributed by atoms with E-state index in [0.29, 0.717) is 38.7 Å². The average Bonchev–Trinajstić information content (AvgIpc) is 2.85. The van der Waals surface area contributed by atoms with E-state index in [2.05, 4.69) is 4.72 Å². The molecule has 0 saturated heterocycles. The summed E-state index contributed by atoms with van der Waals surface area (Å²) in [6, 6.07) is 25.4. The van der Waals surface area contributed by atoms with Gasteiger partial charge in [0.15, 0.2) is 0 Å². The zero-order valence-electron chi connectivity index (χ0n) is 18.2. The topological polar surface area (TPSA) is 95.9 Å². The molecule has 34 heavy (non-hydrogen) atoms. The van der Waals surface area contributed by atoms with E-state index >= 15 is 0 Å². The molecule has 0 unspecified atom stereocenters. The first-order chi connectivity index (χ1) is 16.4. The van der Waals surface area contributed by atoms with Crippen molar-refractivity contribution >= 4 is 37.3 Å². The molecule has 0 heterocycles. The smallest absolute Gasteiger partial charge is 0.261 e. The summed E-state index contributed by atoms with van der Waals surface area (Å²) in [7, 11) is -2.42. The molecule has 0 aliphatic rings. The number of sulfonamides is 1. The van der Waals surface area contributed by atoms with Crippen LogP contribution in [0.5, 0.6) is 17.2 Å². The van der Waals surface area contributed by atoms with E-state index in [0.717, 1.165) is 5.39 Å². The lowest BCUT2D eigenvalue weighted by Crippen LogP contribution is -2.13. The van der Waals surface area contributed by atoms with E-state index in [4.69, 9.17) is 4.74 Å². The summed E-state index contributed by atoms with van der Waals surface area (Å²) in [6.45, 7) is 0. The number of phenolic OH excluding ortho intramolecular Hbond substituents is 2. The molecule has 5 aromatic rings. The van der Waals surface area contributed by atoms with Crippen molar-refractivity contribution in [2.75, 3.05) is 11.8 Å². The Kier molecular flexibility index (Phi) is 5.26. The Morgan fingerprint density at radius 1 is 0.765 bits per heavy atom. The number of ether oxygens (including phenoxy) is 1. The minimum absolute atomic E-state index is 0.00116. The van der Waals surface area contributed by atoms with Crippen LogP contribution >= 0.6 is 0 Å². The maximum absolute atomic E-state index is 13.2.